The summed E-state index contributed by atoms with van der Waals surface area (Å²) < 4.78 is 5.06. The van der Waals surface area contributed by atoms with E-state index in [0.717, 1.165) is 25.9 Å². The van der Waals surface area contributed by atoms with Crippen molar-refractivity contribution in [2.75, 3.05) is 6.61 Å². The van der Waals surface area contributed by atoms with Gasteiger partial charge >= 0.3 is 0 Å². The summed E-state index contributed by atoms with van der Waals surface area (Å²) >= 11 is 10.5. The third-order valence-corrected chi connectivity index (χ3v) is 1.52. The van der Waals surface area contributed by atoms with Gasteiger partial charge in [-0.3, -0.25) is 0 Å². The number of hydrogen-bond donors (Lipinski definition) is 0. The molecular formula is C6H9Cl2NO2. The van der Waals surface area contributed by atoms with Gasteiger partial charge in [0.1, 0.15) is 0 Å². The van der Waals surface area contributed by atoms with Gasteiger partial charge < -0.3 is 9.57 Å². The zero-order chi connectivity index (χ0) is 8.10. The number of hydrogen-bond acceptors (Lipinski definition) is 3. The van der Waals surface area contributed by atoms with Gasteiger partial charge in [-0.1, -0.05) is 5.16 Å². The molecule has 0 aromatic rings. The lowest BCUT2D eigenvalue weighted by Gasteiger charge is -2.19. The van der Waals surface area contributed by atoms with Crippen molar-refractivity contribution >= 4 is 27.8 Å². The minimum Gasteiger partial charge on any atom is -0.361 e. The zero-order valence-corrected chi connectivity index (χ0v) is 7.44. The summed E-state index contributed by atoms with van der Waals surface area (Å²) in [6.45, 7) is 0.722. The molecule has 1 aliphatic rings. The molecule has 0 saturated carbocycles. The van der Waals surface area contributed by atoms with Crippen LogP contribution >= 0.6 is 23.2 Å². The molecule has 11 heavy (non-hydrogen) atoms. The maximum Gasteiger partial charge on any atom is 0.235 e. The average molecular weight is 198 g/mol. The molecule has 0 amide bonds. The maximum atomic E-state index is 5.23. The molecule has 1 rings (SSSR count). The lowest BCUT2D eigenvalue weighted by atomic mass is 10.2. The van der Waals surface area contributed by atoms with Crippen LogP contribution < -0.4 is 0 Å². The number of nitrogens with zero attached hydrogens (tertiary/aromatic N) is 1. The predicted octanol–water partition coefficient (Wildman–Crippen LogP) is 2.28. The van der Waals surface area contributed by atoms with Crippen LogP contribution in [0.15, 0.2) is 5.16 Å². The molecule has 1 saturated heterocycles. The largest absolute Gasteiger partial charge is 0.361 e. The smallest absolute Gasteiger partial charge is 0.235 e. The number of halogens is 2. The standard InChI is InChI=1S/C6H9Cl2NO2/c7-6(8)9-11-5-3-1-2-4-10-5/h5H,1-4H2. The molecule has 64 valence electrons. The minimum atomic E-state index is -0.267. The molecule has 1 atom stereocenters. The van der Waals surface area contributed by atoms with Crippen LogP contribution in [0.4, 0.5) is 0 Å². The van der Waals surface area contributed by atoms with Crippen LogP contribution in [0.2, 0.25) is 0 Å². The van der Waals surface area contributed by atoms with Gasteiger partial charge in [-0.15, -0.1) is 0 Å². The van der Waals surface area contributed by atoms with Gasteiger partial charge in [0.15, 0.2) is 0 Å². The maximum absolute atomic E-state index is 5.23. The van der Waals surface area contributed by atoms with Crippen LogP contribution in [0, 0.1) is 0 Å². The van der Waals surface area contributed by atoms with Crippen molar-refractivity contribution in [1.82, 2.24) is 0 Å². The molecule has 0 radical (unpaired) electrons. The van der Waals surface area contributed by atoms with E-state index in [0.29, 0.717) is 0 Å². The molecule has 0 spiro atoms. The van der Waals surface area contributed by atoms with Gasteiger partial charge in [0, 0.05) is 6.42 Å². The number of oxime groups is 1. The van der Waals surface area contributed by atoms with Crippen LogP contribution in [-0.4, -0.2) is 17.5 Å². The molecule has 1 heterocycles. The van der Waals surface area contributed by atoms with Crippen LogP contribution in [-0.2, 0) is 9.57 Å². The summed E-state index contributed by atoms with van der Waals surface area (Å²) in [7, 11) is 0. The number of rotatable bonds is 2. The van der Waals surface area contributed by atoms with Crippen molar-refractivity contribution in [2.45, 2.75) is 25.6 Å². The van der Waals surface area contributed by atoms with Crippen molar-refractivity contribution in [1.29, 1.82) is 0 Å². The molecule has 3 nitrogen and oxygen atoms in total. The van der Waals surface area contributed by atoms with E-state index in [-0.39, 0.29) is 10.9 Å². The Morgan fingerprint density at radius 2 is 2.27 bits per heavy atom. The van der Waals surface area contributed by atoms with E-state index in [4.69, 9.17) is 32.8 Å². The summed E-state index contributed by atoms with van der Waals surface area (Å²) in [4.78, 5) is 4.85. The van der Waals surface area contributed by atoms with Crippen LogP contribution in [0.1, 0.15) is 19.3 Å². The average Bonchev–Trinajstić information content (AvgIpc) is 2.03. The fraction of sp³-hybridized carbons (Fsp3) is 0.833. The van der Waals surface area contributed by atoms with E-state index in [1.165, 1.54) is 0 Å². The highest BCUT2D eigenvalue weighted by atomic mass is 35.5. The summed E-state index contributed by atoms with van der Waals surface area (Å²) in [5.41, 5.74) is 0. The highest BCUT2D eigenvalue weighted by Gasteiger charge is 2.14. The first kappa shape index (κ1) is 9.10. The van der Waals surface area contributed by atoms with Gasteiger partial charge in [-0.25, -0.2) is 0 Å². The molecular weight excluding hydrogens is 189 g/mol. The second-order valence-corrected chi connectivity index (χ2v) is 3.14. The second kappa shape index (κ2) is 4.80. The Labute approximate surface area is 75.2 Å². The highest BCUT2D eigenvalue weighted by Crippen LogP contribution is 2.14. The van der Waals surface area contributed by atoms with Gasteiger partial charge in [0.2, 0.25) is 10.9 Å². The topological polar surface area (TPSA) is 30.8 Å². The molecule has 0 N–H and O–H groups in total. The Morgan fingerprint density at radius 1 is 1.45 bits per heavy atom. The zero-order valence-electron chi connectivity index (χ0n) is 5.93. The van der Waals surface area contributed by atoms with Gasteiger partial charge in [0.25, 0.3) is 0 Å². The first-order chi connectivity index (χ1) is 5.29. The molecule has 1 unspecified atom stereocenters. The van der Waals surface area contributed by atoms with Crippen LogP contribution in [0.5, 0.6) is 0 Å². The monoisotopic (exact) mass is 197 g/mol. The fourth-order valence-electron chi connectivity index (χ4n) is 0.893. The molecule has 0 aromatic carbocycles. The van der Waals surface area contributed by atoms with Crippen molar-refractivity contribution in [3.05, 3.63) is 0 Å². The van der Waals surface area contributed by atoms with E-state index in [1.54, 1.807) is 0 Å². The van der Waals surface area contributed by atoms with Crippen LogP contribution in [0.3, 0.4) is 0 Å². The lowest BCUT2D eigenvalue weighted by Crippen LogP contribution is -2.20. The van der Waals surface area contributed by atoms with Crippen molar-refractivity contribution in [3.8, 4) is 0 Å². The van der Waals surface area contributed by atoms with E-state index in [1.807, 2.05) is 0 Å². The normalized spacial score (nSPS) is 24.4. The predicted molar refractivity (Wildman–Crippen MR) is 43.8 cm³/mol. The first-order valence-corrected chi connectivity index (χ1v) is 4.21. The van der Waals surface area contributed by atoms with Crippen LogP contribution in [0.25, 0.3) is 0 Å². The van der Waals surface area contributed by atoms with Crippen molar-refractivity contribution in [2.24, 2.45) is 5.16 Å². The molecule has 0 aliphatic carbocycles. The lowest BCUT2D eigenvalue weighted by molar-refractivity contribution is -0.161. The minimum absolute atomic E-state index is 0.126. The molecule has 1 fully saturated rings. The second-order valence-electron chi connectivity index (χ2n) is 2.23. The Bertz CT molecular complexity index is 142. The summed E-state index contributed by atoms with van der Waals surface area (Å²) in [6.07, 6.45) is 2.76. The molecule has 1 aliphatic heterocycles. The molecule has 0 aromatic heterocycles. The highest BCUT2D eigenvalue weighted by molar-refractivity contribution is 6.95. The third kappa shape index (κ3) is 3.79. The van der Waals surface area contributed by atoms with Gasteiger partial charge in [-0.05, 0) is 36.0 Å². The Kier molecular flexibility index (Phi) is 3.97. The SMILES string of the molecule is ClC(Cl)=NOC1CCCCO1. The molecule has 5 heteroatoms. The van der Waals surface area contributed by atoms with E-state index in [2.05, 4.69) is 5.16 Å². The van der Waals surface area contributed by atoms with Crippen molar-refractivity contribution in [3.63, 3.8) is 0 Å². The fourth-order valence-corrected chi connectivity index (χ4v) is 0.973. The molecule has 0 bridgehead atoms. The summed E-state index contributed by atoms with van der Waals surface area (Å²) in [5, 5.41) is 3.37. The first-order valence-electron chi connectivity index (χ1n) is 3.45. The van der Waals surface area contributed by atoms with Gasteiger partial charge in [-0.2, -0.15) is 0 Å². The summed E-state index contributed by atoms with van der Waals surface area (Å²) in [6, 6.07) is 0. The van der Waals surface area contributed by atoms with Gasteiger partial charge in [0.05, 0.1) is 6.61 Å². The van der Waals surface area contributed by atoms with E-state index < -0.39 is 0 Å². The Hall–Kier alpha value is 0.01000. The third-order valence-electron chi connectivity index (χ3n) is 1.38. The van der Waals surface area contributed by atoms with Crippen molar-refractivity contribution < 1.29 is 9.57 Å². The number of ether oxygens (including phenoxy) is 1. The summed E-state index contributed by atoms with van der Waals surface area (Å²) in [5.74, 6) is 0. The quantitative estimate of drug-likeness (QED) is 0.503. The van der Waals surface area contributed by atoms with E-state index >= 15 is 0 Å². The Morgan fingerprint density at radius 3 is 2.82 bits per heavy atom. The Balaban J connectivity index is 2.19. The van der Waals surface area contributed by atoms with E-state index in [9.17, 15) is 0 Å².